The van der Waals surface area contributed by atoms with Crippen LogP contribution in [0.15, 0.2) is 18.2 Å². The molecule has 0 heterocycles. The van der Waals surface area contributed by atoms with Gasteiger partial charge in [-0.3, -0.25) is 5.32 Å². The van der Waals surface area contributed by atoms with Crippen molar-refractivity contribution < 1.29 is 19.7 Å². The molecule has 0 bridgehead atoms. The largest absolute Gasteiger partial charge is 0.508 e. The van der Waals surface area contributed by atoms with E-state index in [1.807, 2.05) is 0 Å². The molecule has 1 amide bonds. The second-order valence-corrected chi connectivity index (χ2v) is 5.86. The molecule has 0 saturated heterocycles. The minimum atomic E-state index is -0.559. The van der Waals surface area contributed by atoms with Crippen LogP contribution in [-0.2, 0) is 11.2 Å². The highest BCUT2D eigenvalue weighted by Crippen LogP contribution is 2.23. The number of hydrogen-bond donors (Lipinski definition) is 3. The lowest BCUT2D eigenvalue weighted by atomic mass is 10.1. The second kappa shape index (κ2) is 6.61. The molecule has 20 heavy (non-hydrogen) atoms. The molecule has 0 aliphatic heterocycles. The third-order valence-corrected chi connectivity index (χ3v) is 2.56. The van der Waals surface area contributed by atoms with Crippen molar-refractivity contribution >= 4 is 11.8 Å². The molecule has 0 fully saturated rings. The summed E-state index contributed by atoms with van der Waals surface area (Å²) in [7, 11) is 0. The molecule has 0 saturated carbocycles. The number of hydrogen-bond acceptors (Lipinski definition) is 4. The number of carbonyl (C=O) groups is 1. The summed E-state index contributed by atoms with van der Waals surface area (Å²) >= 11 is 0. The quantitative estimate of drug-likeness (QED) is 0.741. The Balaban J connectivity index is 2.72. The first-order valence-electron chi connectivity index (χ1n) is 6.67. The van der Waals surface area contributed by atoms with Crippen molar-refractivity contribution in [1.82, 2.24) is 0 Å². The molecular weight excluding hydrogens is 258 g/mol. The zero-order valence-corrected chi connectivity index (χ0v) is 12.4. The van der Waals surface area contributed by atoms with Crippen LogP contribution in [0.1, 0.15) is 39.7 Å². The van der Waals surface area contributed by atoms with Crippen molar-refractivity contribution in [1.29, 1.82) is 0 Å². The van der Waals surface area contributed by atoms with Gasteiger partial charge >= 0.3 is 6.09 Å². The summed E-state index contributed by atoms with van der Waals surface area (Å²) in [5.74, 6) is 0.153. The number of carbonyl (C=O) groups excluding carboxylic acids is 1. The van der Waals surface area contributed by atoms with Crippen molar-refractivity contribution in [2.24, 2.45) is 0 Å². The average Bonchev–Trinajstić information content (AvgIpc) is 2.27. The first-order valence-corrected chi connectivity index (χ1v) is 6.67. The second-order valence-electron chi connectivity index (χ2n) is 5.86. The van der Waals surface area contributed by atoms with E-state index in [1.54, 1.807) is 39.8 Å². The maximum atomic E-state index is 11.7. The lowest BCUT2D eigenvalue weighted by Gasteiger charge is -2.20. The summed E-state index contributed by atoms with van der Waals surface area (Å²) in [4.78, 5) is 11.7. The molecule has 5 nitrogen and oxygen atoms in total. The van der Waals surface area contributed by atoms with Crippen LogP contribution in [0, 0.1) is 0 Å². The fourth-order valence-corrected chi connectivity index (χ4v) is 1.65. The topological polar surface area (TPSA) is 78.8 Å². The number of phenols is 1. The summed E-state index contributed by atoms with van der Waals surface area (Å²) < 4.78 is 5.16. The summed E-state index contributed by atoms with van der Waals surface area (Å²) in [5.41, 5.74) is 0.674. The smallest absolute Gasteiger partial charge is 0.412 e. The van der Waals surface area contributed by atoms with Crippen LogP contribution in [0.3, 0.4) is 0 Å². The number of aliphatic hydroxyl groups excluding tert-OH is 1. The lowest BCUT2D eigenvalue weighted by Crippen LogP contribution is -2.27. The molecule has 1 atom stereocenters. The molecule has 112 valence electrons. The van der Waals surface area contributed by atoms with Gasteiger partial charge in [0.25, 0.3) is 0 Å². The molecule has 0 aliphatic carbocycles. The van der Waals surface area contributed by atoms with Crippen LogP contribution in [0.5, 0.6) is 5.75 Å². The molecule has 0 aliphatic rings. The number of anilines is 1. The van der Waals surface area contributed by atoms with Crippen molar-refractivity contribution in [3.05, 3.63) is 23.8 Å². The van der Waals surface area contributed by atoms with Crippen molar-refractivity contribution in [3.8, 4) is 5.75 Å². The Labute approximate surface area is 119 Å². The number of rotatable bonds is 4. The van der Waals surface area contributed by atoms with Crippen molar-refractivity contribution in [2.45, 2.75) is 52.2 Å². The first-order chi connectivity index (χ1) is 9.17. The molecule has 3 N–H and O–H groups in total. The van der Waals surface area contributed by atoms with Crippen LogP contribution in [0.4, 0.5) is 10.5 Å². The number of nitrogens with one attached hydrogen (secondary N) is 1. The Kier molecular flexibility index (Phi) is 5.39. The Morgan fingerprint density at radius 1 is 1.40 bits per heavy atom. The molecule has 0 aromatic heterocycles. The van der Waals surface area contributed by atoms with E-state index >= 15 is 0 Å². The fraction of sp³-hybridized carbons (Fsp3) is 0.533. The van der Waals surface area contributed by atoms with Gasteiger partial charge in [0.15, 0.2) is 0 Å². The van der Waals surface area contributed by atoms with Gasteiger partial charge in [0.2, 0.25) is 0 Å². The van der Waals surface area contributed by atoms with Crippen molar-refractivity contribution in [2.75, 3.05) is 5.32 Å². The van der Waals surface area contributed by atoms with Crippen LogP contribution < -0.4 is 5.32 Å². The SMILES string of the molecule is CC(O)CCc1cc(NC(=O)OC(C)(C)C)ccc1O. The van der Waals surface area contributed by atoms with Gasteiger partial charge in [-0.15, -0.1) is 0 Å². The Morgan fingerprint density at radius 3 is 2.60 bits per heavy atom. The standard InChI is InChI=1S/C15H23NO4/c1-10(17)5-6-11-9-12(7-8-13(11)18)16-14(19)20-15(2,3)4/h7-10,17-18H,5-6H2,1-4H3,(H,16,19). The molecule has 0 spiro atoms. The van der Waals surface area contributed by atoms with Gasteiger partial charge in [0, 0.05) is 5.69 Å². The zero-order chi connectivity index (χ0) is 15.3. The predicted octanol–water partition coefficient (Wildman–Crippen LogP) is 3.05. The Hall–Kier alpha value is -1.75. The number of aliphatic hydroxyl groups is 1. The van der Waals surface area contributed by atoms with Crippen LogP contribution >= 0.6 is 0 Å². The lowest BCUT2D eigenvalue weighted by molar-refractivity contribution is 0.0636. The fourth-order valence-electron chi connectivity index (χ4n) is 1.65. The minimum absolute atomic E-state index is 0.153. The minimum Gasteiger partial charge on any atom is -0.508 e. The van der Waals surface area contributed by atoms with E-state index in [4.69, 9.17) is 4.74 Å². The number of ether oxygens (including phenoxy) is 1. The van der Waals surface area contributed by atoms with E-state index < -0.39 is 17.8 Å². The van der Waals surface area contributed by atoms with Gasteiger partial charge in [-0.05, 0) is 64.3 Å². The van der Waals surface area contributed by atoms with E-state index in [9.17, 15) is 15.0 Å². The van der Waals surface area contributed by atoms with Gasteiger partial charge < -0.3 is 14.9 Å². The molecule has 1 unspecified atom stereocenters. The monoisotopic (exact) mass is 281 g/mol. The van der Waals surface area contributed by atoms with Gasteiger partial charge in [-0.25, -0.2) is 4.79 Å². The molecule has 1 aromatic carbocycles. The normalized spacial score (nSPS) is 12.8. The molecule has 1 rings (SSSR count). The van der Waals surface area contributed by atoms with Gasteiger partial charge in [0.1, 0.15) is 11.4 Å². The predicted molar refractivity (Wildman–Crippen MR) is 78.0 cm³/mol. The summed E-state index contributed by atoms with van der Waals surface area (Å²) in [6.45, 7) is 7.06. The number of aromatic hydroxyl groups is 1. The average molecular weight is 281 g/mol. The highest BCUT2D eigenvalue weighted by molar-refractivity contribution is 5.85. The van der Waals surface area contributed by atoms with Gasteiger partial charge in [0.05, 0.1) is 6.10 Å². The molecule has 5 heteroatoms. The highest BCUT2D eigenvalue weighted by Gasteiger charge is 2.16. The Bertz CT molecular complexity index is 463. The van der Waals surface area contributed by atoms with Crippen LogP contribution in [0.25, 0.3) is 0 Å². The highest BCUT2D eigenvalue weighted by atomic mass is 16.6. The number of phenolic OH excluding ortho intramolecular Hbond substituents is 1. The van der Waals surface area contributed by atoms with E-state index in [2.05, 4.69) is 5.32 Å². The third kappa shape index (κ3) is 5.93. The third-order valence-electron chi connectivity index (χ3n) is 2.56. The number of aryl methyl sites for hydroxylation is 1. The van der Waals surface area contributed by atoms with E-state index in [0.29, 0.717) is 24.1 Å². The maximum absolute atomic E-state index is 11.7. The molecular formula is C15H23NO4. The number of benzene rings is 1. The van der Waals surface area contributed by atoms with E-state index in [-0.39, 0.29) is 5.75 Å². The van der Waals surface area contributed by atoms with Crippen LogP contribution in [0.2, 0.25) is 0 Å². The van der Waals surface area contributed by atoms with Crippen LogP contribution in [-0.4, -0.2) is 28.0 Å². The van der Waals surface area contributed by atoms with Crippen molar-refractivity contribution in [3.63, 3.8) is 0 Å². The summed E-state index contributed by atoms with van der Waals surface area (Å²) in [6.07, 6.45) is 0.109. The number of amides is 1. The van der Waals surface area contributed by atoms with Gasteiger partial charge in [-0.1, -0.05) is 0 Å². The molecule has 0 radical (unpaired) electrons. The summed E-state index contributed by atoms with van der Waals surface area (Å²) in [5, 5.41) is 21.6. The van der Waals surface area contributed by atoms with E-state index in [1.165, 1.54) is 6.07 Å². The van der Waals surface area contributed by atoms with Gasteiger partial charge in [-0.2, -0.15) is 0 Å². The maximum Gasteiger partial charge on any atom is 0.412 e. The Morgan fingerprint density at radius 2 is 2.05 bits per heavy atom. The first kappa shape index (κ1) is 16.3. The zero-order valence-electron chi connectivity index (χ0n) is 12.4. The molecule has 1 aromatic rings. The summed E-state index contributed by atoms with van der Waals surface area (Å²) in [6, 6.07) is 4.80. The van der Waals surface area contributed by atoms with E-state index in [0.717, 1.165) is 0 Å².